The summed E-state index contributed by atoms with van der Waals surface area (Å²) in [5.41, 5.74) is 0.737. The minimum Gasteiger partial charge on any atom is -0.211 e. The molecule has 3 nitrogen and oxygen atoms in total. The van der Waals surface area contributed by atoms with Crippen molar-refractivity contribution >= 4 is 44.0 Å². The van der Waals surface area contributed by atoms with E-state index in [-0.39, 0.29) is 11.4 Å². The molecule has 0 aliphatic heterocycles. The maximum atomic E-state index is 12.6. The first kappa shape index (κ1) is 17.2. The molecule has 3 rings (SSSR count). The molecule has 0 fully saturated rings. The summed E-state index contributed by atoms with van der Waals surface area (Å²) >= 11 is 12.2. The molecular weight excluding hydrogens is 365 g/mol. The van der Waals surface area contributed by atoms with E-state index in [0.29, 0.717) is 21.9 Å². The van der Waals surface area contributed by atoms with Crippen LogP contribution in [0, 0.1) is 0 Å². The molecule has 0 heterocycles. The van der Waals surface area contributed by atoms with Crippen LogP contribution >= 0.6 is 23.2 Å². The molecule has 0 saturated heterocycles. The van der Waals surface area contributed by atoms with E-state index in [1.165, 1.54) is 0 Å². The fourth-order valence-electron chi connectivity index (χ4n) is 2.59. The van der Waals surface area contributed by atoms with Gasteiger partial charge in [0.05, 0.1) is 4.90 Å². The SMILES string of the molecule is O=S(=O)(NCCc1c(Cl)cccc1Cl)c1cccc2ccccc12. The second kappa shape index (κ2) is 7.11. The van der Waals surface area contributed by atoms with Crippen molar-refractivity contribution in [3.63, 3.8) is 0 Å². The van der Waals surface area contributed by atoms with Gasteiger partial charge in [-0.05, 0) is 35.6 Å². The molecule has 0 spiro atoms. The van der Waals surface area contributed by atoms with Gasteiger partial charge >= 0.3 is 0 Å². The van der Waals surface area contributed by atoms with Gasteiger partial charge in [0.2, 0.25) is 10.0 Å². The van der Waals surface area contributed by atoms with E-state index < -0.39 is 10.0 Å². The van der Waals surface area contributed by atoms with Crippen LogP contribution in [0.1, 0.15) is 5.56 Å². The molecule has 0 radical (unpaired) electrons. The van der Waals surface area contributed by atoms with E-state index >= 15 is 0 Å². The molecule has 0 unspecified atom stereocenters. The van der Waals surface area contributed by atoms with Crippen molar-refractivity contribution < 1.29 is 8.42 Å². The van der Waals surface area contributed by atoms with Gasteiger partial charge in [0.1, 0.15) is 0 Å². The zero-order chi connectivity index (χ0) is 17.2. The summed E-state index contributed by atoms with van der Waals surface area (Å²) in [6, 6.07) is 17.9. The van der Waals surface area contributed by atoms with Crippen LogP contribution in [0.3, 0.4) is 0 Å². The summed E-state index contributed by atoms with van der Waals surface area (Å²) in [5, 5.41) is 2.65. The molecule has 0 aliphatic carbocycles. The maximum Gasteiger partial charge on any atom is 0.241 e. The summed E-state index contributed by atoms with van der Waals surface area (Å²) < 4.78 is 27.9. The van der Waals surface area contributed by atoms with Crippen LogP contribution in [0.25, 0.3) is 10.8 Å². The number of sulfonamides is 1. The lowest BCUT2D eigenvalue weighted by Gasteiger charge is -2.11. The molecule has 0 amide bonds. The first-order chi connectivity index (χ1) is 11.5. The molecule has 0 aliphatic rings. The first-order valence-electron chi connectivity index (χ1n) is 7.39. The van der Waals surface area contributed by atoms with Crippen molar-refractivity contribution in [3.8, 4) is 0 Å². The number of nitrogens with one attached hydrogen (secondary N) is 1. The highest BCUT2D eigenvalue weighted by Crippen LogP contribution is 2.25. The number of benzene rings is 3. The Morgan fingerprint density at radius 2 is 1.46 bits per heavy atom. The van der Waals surface area contributed by atoms with Crippen LogP contribution in [0.15, 0.2) is 65.6 Å². The van der Waals surface area contributed by atoms with Gasteiger partial charge in [0, 0.05) is 22.0 Å². The Morgan fingerprint density at radius 1 is 0.833 bits per heavy atom. The predicted molar refractivity (Wildman–Crippen MR) is 99.3 cm³/mol. The molecule has 6 heteroatoms. The largest absolute Gasteiger partial charge is 0.241 e. The van der Waals surface area contributed by atoms with Gasteiger partial charge in [-0.3, -0.25) is 0 Å². The minimum atomic E-state index is -3.62. The van der Waals surface area contributed by atoms with E-state index in [4.69, 9.17) is 23.2 Å². The molecule has 0 saturated carbocycles. The summed E-state index contributed by atoms with van der Waals surface area (Å²) in [4.78, 5) is 0.269. The van der Waals surface area contributed by atoms with E-state index in [0.717, 1.165) is 10.9 Å². The van der Waals surface area contributed by atoms with Crippen LogP contribution < -0.4 is 4.72 Å². The quantitative estimate of drug-likeness (QED) is 0.699. The topological polar surface area (TPSA) is 46.2 Å². The van der Waals surface area contributed by atoms with Gasteiger partial charge in [-0.2, -0.15) is 0 Å². The molecule has 3 aromatic rings. The second-order valence-electron chi connectivity index (χ2n) is 5.33. The Morgan fingerprint density at radius 3 is 2.21 bits per heavy atom. The zero-order valence-corrected chi connectivity index (χ0v) is 15.0. The third-order valence-electron chi connectivity index (χ3n) is 3.77. The van der Waals surface area contributed by atoms with Crippen molar-refractivity contribution in [1.29, 1.82) is 0 Å². The van der Waals surface area contributed by atoms with Crippen molar-refractivity contribution in [3.05, 3.63) is 76.3 Å². The summed E-state index contributed by atoms with van der Waals surface area (Å²) in [6.07, 6.45) is 0.419. The standard InChI is InChI=1S/C18H15Cl2NO2S/c19-16-8-4-9-17(20)15(16)11-12-21-24(22,23)18-10-3-6-13-5-1-2-7-14(13)18/h1-10,21H,11-12H2. The monoisotopic (exact) mass is 379 g/mol. The van der Waals surface area contributed by atoms with Crippen molar-refractivity contribution in [2.75, 3.05) is 6.54 Å². The van der Waals surface area contributed by atoms with E-state index in [1.807, 2.05) is 24.3 Å². The highest BCUT2D eigenvalue weighted by molar-refractivity contribution is 7.89. The van der Waals surface area contributed by atoms with Gasteiger partial charge in [-0.25, -0.2) is 13.1 Å². The predicted octanol–water partition coefficient (Wildman–Crippen LogP) is 4.67. The average Bonchev–Trinajstić information content (AvgIpc) is 2.57. The lowest BCUT2D eigenvalue weighted by Crippen LogP contribution is -2.26. The van der Waals surface area contributed by atoms with Gasteiger partial charge in [0.15, 0.2) is 0 Å². The number of rotatable bonds is 5. The zero-order valence-electron chi connectivity index (χ0n) is 12.7. The lowest BCUT2D eigenvalue weighted by atomic mass is 10.1. The fraction of sp³-hybridized carbons (Fsp3) is 0.111. The van der Waals surface area contributed by atoms with Gasteiger partial charge in [-0.15, -0.1) is 0 Å². The summed E-state index contributed by atoms with van der Waals surface area (Å²) in [7, 11) is -3.62. The number of hydrogen-bond acceptors (Lipinski definition) is 2. The summed E-state index contributed by atoms with van der Waals surface area (Å²) in [5.74, 6) is 0. The van der Waals surface area contributed by atoms with Crippen LogP contribution in [0.2, 0.25) is 10.0 Å². The smallest absolute Gasteiger partial charge is 0.211 e. The highest BCUT2D eigenvalue weighted by Gasteiger charge is 2.17. The van der Waals surface area contributed by atoms with Gasteiger partial charge in [-0.1, -0.05) is 65.7 Å². The Kier molecular flexibility index (Phi) is 5.11. The first-order valence-corrected chi connectivity index (χ1v) is 9.63. The van der Waals surface area contributed by atoms with E-state index in [1.54, 1.807) is 36.4 Å². The molecular formula is C18H15Cl2NO2S. The molecule has 0 atom stereocenters. The molecule has 3 aromatic carbocycles. The molecule has 1 N–H and O–H groups in total. The molecule has 0 bridgehead atoms. The van der Waals surface area contributed by atoms with Gasteiger partial charge < -0.3 is 0 Å². The normalized spacial score (nSPS) is 11.8. The van der Waals surface area contributed by atoms with Crippen LogP contribution in [0.5, 0.6) is 0 Å². The highest BCUT2D eigenvalue weighted by atomic mass is 35.5. The fourth-order valence-corrected chi connectivity index (χ4v) is 4.44. The molecule has 24 heavy (non-hydrogen) atoms. The van der Waals surface area contributed by atoms with Crippen molar-refractivity contribution in [1.82, 2.24) is 4.72 Å². The minimum absolute atomic E-state index is 0.217. The molecule has 124 valence electrons. The number of halogens is 2. The van der Waals surface area contributed by atoms with Gasteiger partial charge in [0.25, 0.3) is 0 Å². The third-order valence-corrected chi connectivity index (χ3v) is 6.00. The van der Waals surface area contributed by atoms with Crippen LogP contribution in [-0.4, -0.2) is 15.0 Å². The number of hydrogen-bond donors (Lipinski definition) is 1. The van der Waals surface area contributed by atoms with Crippen LogP contribution in [0.4, 0.5) is 0 Å². The Bertz CT molecular complexity index is 962. The Hall–Kier alpha value is -1.59. The van der Waals surface area contributed by atoms with Crippen molar-refractivity contribution in [2.24, 2.45) is 0 Å². The van der Waals surface area contributed by atoms with E-state index in [9.17, 15) is 8.42 Å². The third kappa shape index (κ3) is 3.57. The number of fused-ring (bicyclic) bond motifs is 1. The van der Waals surface area contributed by atoms with E-state index in [2.05, 4.69) is 4.72 Å². The Balaban J connectivity index is 1.81. The lowest BCUT2D eigenvalue weighted by molar-refractivity contribution is 0.582. The summed E-state index contributed by atoms with van der Waals surface area (Å²) in [6.45, 7) is 0.217. The average molecular weight is 380 g/mol. The molecule has 0 aromatic heterocycles. The van der Waals surface area contributed by atoms with Crippen molar-refractivity contribution in [2.45, 2.75) is 11.3 Å². The van der Waals surface area contributed by atoms with Crippen LogP contribution in [-0.2, 0) is 16.4 Å². The second-order valence-corrected chi connectivity index (χ2v) is 7.88. The Labute approximate surface area is 151 Å². The maximum absolute atomic E-state index is 12.6.